The predicted molar refractivity (Wildman–Crippen MR) is 62.2 cm³/mol. The molecule has 5 heteroatoms. The highest BCUT2D eigenvalue weighted by molar-refractivity contribution is 7.75. The Labute approximate surface area is 101 Å². The number of benzene rings is 2. The maximum Gasteiger partial charge on any atom is 0.417 e. The molecule has 0 saturated carbocycles. The smallest absolute Gasteiger partial charge is 0.371 e. The lowest BCUT2D eigenvalue weighted by atomic mass is 10.3. The van der Waals surface area contributed by atoms with Crippen molar-refractivity contribution in [2.75, 3.05) is 0 Å². The second kappa shape index (κ2) is 5.45. The Bertz CT molecular complexity index is 499. The largest absolute Gasteiger partial charge is 0.417 e. The van der Waals surface area contributed by atoms with Gasteiger partial charge in [-0.1, -0.05) is 18.2 Å². The van der Waals surface area contributed by atoms with Crippen LogP contribution in [-0.4, -0.2) is 4.21 Å². The standard InChI is InChI=1S/C12H9FO3S/c13-10-6-8-12(9-7-10)16-17(14)15-11-4-2-1-3-5-11/h1-9H. The van der Waals surface area contributed by atoms with Gasteiger partial charge in [0.15, 0.2) is 0 Å². The number of rotatable bonds is 4. The molecule has 88 valence electrons. The third-order valence-corrected chi connectivity index (χ3v) is 2.54. The SMILES string of the molecule is O=S(Oc1ccccc1)Oc1ccc(F)cc1. The van der Waals surface area contributed by atoms with Gasteiger partial charge in [0, 0.05) is 0 Å². The quantitative estimate of drug-likeness (QED) is 0.839. The van der Waals surface area contributed by atoms with E-state index in [2.05, 4.69) is 0 Å². The highest BCUT2D eigenvalue weighted by atomic mass is 32.2. The molecule has 0 aliphatic rings. The molecule has 2 aromatic rings. The first kappa shape index (κ1) is 11.6. The minimum atomic E-state index is -1.95. The summed E-state index contributed by atoms with van der Waals surface area (Å²) in [6.45, 7) is 0. The van der Waals surface area contributed by atoms with E-state index in [-0.39, 0.29) is 11.6 Å². The zero-order chi connectivity index (χ0) is 12.1. The van der Waals surface area contributed by atoms with Crippen LogP contribution in [0, 0.1) is 5.82 Å². The number of halogens is 1. The fourth-order valence-corrected chi connectivity index (χ4v) is 1.71. The van der Waals surface area contributed by atoms with Gasteiger partial charge < -0.3 is 8.37 Å². The number of para-hydroxylation sites is 1. The highest BCUT2D eigenvalue weighted by Crippen LogP contribution is 2.15. The minimum Gasteiger partial charge on any atom is -0.371 e. The lowest BCUT2D eigenvalue weighted by Gasteiger charge is -2.05. The fraction of sp³-hybridized carbons (Fsp3) is 0. The lowest BCUT2D eigenvalue weighted by molar-refractivity contribution is 0.461. The van der Waals surface area contributed by atoms with Crippen LogP contribution in [-0.2, 0) is 11.4 Å². The molecule has 0 fully saturated rings. The maximum absolute atomic E-state index is 12.6. The van der Waals surface area contributed by atoms with E-state index in [1.807, 2.05) is 6.07 Å². The van der Waals surface area contributed by atoms with E-state index in [9.17, 15) is 8.60 Å². The summed E-state index contributed by atoms with van der Waals surface area (Å²) in [5, 5.41) is 0. The minimum absolute atomic E-state index is 0.278. The summed E-state index contributed by atoms with van der Waals surface area (Å²) in [6, 6.07) is 13.8. The molecule has 0 radical (unpaired) electrons. The molecule has 0 bridgehead atoms. The normalized spacial score (nSPS) is 11.8. The Hall–Kier alpha value is -1.88. The highest BCUT2D eigenvalue weighted by Gasteiger charge is 2.05. The summed E-state index contributed by atoms with van der Waals surface area (Å²) in [5.74, 6) is 0.334. The topological polar surface area (TPSA) is 35.5 Å². The van der Waals surface area contributed by atoms with Crippen LogP contribution in [0.4, 0.5) is 4.39 Å². The molecular formula is C12H9FO3S. The predicted octanol–water partition coefficient (Wildman–Crippen LogP) is 2.86. The van der Waals surface area contributed by atoms with Crippen LogP contribution < -0.4 is 8.37 Å². The lowest BCUT2D eigenvalue weighted by Crippen LogP contribution is -2.07. The fourth-order valence-electron chi connectivity index (χ4n) is 1.14. The van der Waals surface area contributed by atoms with E-state index >= 15 is 0 Å². The van der Waals surface area contributed by atoms with Crippen molar-refractivity contribution in [3.8, 4) is 11.5 Å². The summed E-state index contributed by atoms with van der Waals surface area (Å²) in [6.07, 6.45) is 0. The van der Waals surface area contributed by atoms with E-state index in [1.165, 1.54) is 24.3 Å². The Morgan fingerprint density at radius 3 is 1.94 bits per heavy atom. The summed E-state index contributed by atoms with van der Waals surface area (Å²) >= 11 is -1.95. The van der Waals surface area contributed by atoms with Gasteiger partial charge in [0.05, 0.1) is 0 Å². The molecule has 0 N–H and O–H groups in total. The molecule has 1 unspecified atom stereocenters. The zero-order valence-electron chi connectivity index (χ0n) is 8.71. The van der Waals surface area contributed by atoms with Gasteiger partial charge in [0.25, 0.3) is 0 Å². The second-order valence-corrected chi connectivity index (χ2v) is 3.88. The molecule has 0 heterocycles. The van der Waals surface area contributed by atoms with E-state index in [0.29, 0.717) is 5.75 Å². The van der Waals surface area contributed by atoms with Gasteiger partial charge in [-0.15, -0.1) is 0 Å². The van der Waals surface area contributed by atoms with Crippen molar-refractivity contribution >= 4 is 11.4 Å². The number of hydrogen-bond donors (Lipinski definition) is 0. The first-order valence-electron chi connectivity index (χ1n) is 4.83. The van der Waals surface area contributed by atoms with E-state index in [4.69, 9.17) is 8.37 Å². The third kappa shape index (κ3) is 3.57. The van der Waals surface area contributed by atoms with Gasteiger partial charge in [-0.25, -0.2) is 4.39 Å². The molecule has 2 rings (SSSR count). The summed E-state index contributed by atoms with van der Waals surface area (Å²) in [7, 11) is 0. The molecule has 3 nitrogen and oxygen atoms in total. The number of hydrogen-bond acceptors (Lipinski definition) is 3. The molecule has 0 aliphatic heterocycles. The molecule has 17 heavy (non-hydrogen) atoms. The van der Waals surface area contributed by atoms with Crippen LogP contribution in [0.25, 0.3) is 0 Å². The molecule has 1 atom stereocenters. The third-order valence-electron chi connectivity index (χ3n) is 1.89. The molecule has 2 aromatic carbocycles. The van der Waals surface area contributed by atoms with E-state index < -0.39 is 11.4 Å². The maximum atomic E-state index is 12.6. The zero-order valence-corrected chi connectivity index (χ0v) is 9.52. The van der Waals surface area contributed by atoms with E-state index in [0.717, 1.165) is 0 Å². The van der Waals surface area contributed by atoms with Crippen molar-refractivity contribution in [1.82, 2.24) is 0 Å². The van der Waals surface area contributed by atoms with Crippen molar-refractivity contribution in [2.45, 2.75) is 0 Å². The van der Waals surface area contributed by atoms with Crippen molar-refractivity contribution in [3.05, 3.63) is 60.4 Å². The monoisotopic (exact) mass is 252 g/mol. The van der Waals surface area contributed by atoms with Crippen LogP contribution in [0.15, 0.2) is 54.6 Å². The Balaban J connectivity index is 1.96. The molecule has 0 aromatic heterocycles. The van der Waals surface area contributed by atoms with Crippen molar-refractivity contribution in [3.63, 3.8) is 0 Å². The average Bonchev–Trinajstić information content (AvgIpc) is 2.33. The molecule has 0 amide bonds. The van der Waals surface area contributed by atoms with Crippen molar-refractivity contribution < 1.29 is 17.0 Å². The van der Waals surface area contributed by atoms with Crippen LogP contribution in [0.5, 0.6) is 11.5 Å². The molecular weight excluding hydrogens is 243 g/mol. The Morgan fingerprint density at radius 2 is 1.35 bits per heavy atom. The van der Waals surface area contributed by atoms with Gasteiger partial charge in [0.2, 0.25) is 0 Å². The molecule has 0 spiro atoms. The summed E-state index contributed by atoms with van der Waals surface area (Å²) in [4.78, 5) is 0. The van der Waals surface area contributed by atoms with Crippen LogP contribution in [0.1, 0.15) is 0 Å². The van der Waals surface area contributed by atoms with E-state index in [1.54, 1.807) is 24.3 Å². The Kier molecular flexibility index (Phi) is 3.72. The summed E-state index contributed by atoms with van der Waals surface area (Å²) < 4.78 is 34.0. The first-order valence-corrected chi connectivity index (χ1v) is 5.83. The van der Waals surface area contributed by atoms with Crippen molar-refractivity contribution in [1.29, 1.82) is 0 Å². The van der Waals surface area contributed by atoms with Gasteiger partial charge in [-0.05, 0) is 36.4 Å². The first-order chi connectivity index (χ1) is 8.24. The average molecular weight is 252 g/mol. The summed E-state index contributed by atoms with van der Waals surface area (Å²) in [5.41, 5.74) is 0. The van der Waals surface area contributed by atoms with Gasteiger partial charge in [-0.3, -0.25) is 0 Å². The molecule has 0 saturated heterocycles. The second-order valence-electron chi connectivity index (χ2n) is 3.14. The Morgan fingerprint density at radius 1 is 0.824 bits per heavy atom. The van der Waals surface area contributed by atoms with Crippen molar-refractivity contribution in [2.24, 2.45) is 0 Å². The molecule has 0 aliphatic carbocycles. The van der Waals surface area contributed by atoms with Gasteiger partial charge in [-0.2, -0.15) is 4.21 Å². The van der Waals surface area contributed by atoms with Crippen LogP contribution >= 0.6 is 0 Å². The van der Waals surface area contributed by atoms with Gasteiger partial charge in [0.1, 0.15) is 17.3 Å². The van der Waals surface area contributed by atoms with Gasteiger partial charge >= 0.3 is 11.4 Å². The van der Waals surface area contributed by atoms with Crippen LogP contribution in [0.3, 0.4) is 0 Å². The van der Waals surface area contributed by atoms with Crippen LogP contribution in [0.2, 0.25) is 0 Å².